The average Bonchev–Trinajstić information content (AvgIpc) is 3.66. The van der Waals surface area contributed by atoms with Gasteiger partial charge in [-0.2, -0.15) is 0 Å². The lowest BCUT2D eigenvalue weighted by Crippen LogP contribution is -2.39. The Kier molecular flexibility index (Phi) is 6.25. The molecule has 0 bridgehead atoms. The molecule has 0 aliphatic heterocycles. The van der Waals surface area contributed by atoms with E-state index in [4.69, 9.17) is 0 Å². The van der Waals surface area contributed by atoms with Crippen LogP contribution in [0.4, 0.5) is 0 Å². The fourth-order valence-corrected chi connectivity index (χ4v) is 5.39. The number of rotatable bonds is 7. The van der Waals surface area contributed by atoms with Crippen LogP contribution in [0.1, 0.15) is 22.3 Å². The Bertz CT molecular complexity index is 1490. The van der Waals surface area contributed by atoms with Gasteiger partial charge in [0.15, 0.2) is 0 Å². The smallest absolute Gasteiger partial charge is 0.200 e. The molecule has 2 aromatic heterocycles. The largest absolute Gasteiger partial charge is 0.314 e. The summed E-state index contributed by atoms with van der Waals surface area (Å²) >= 11 is 3.54. The van der Waals surface area contributed by atoms with Crippen LogP contribution in [0.15, 0.2) is 134 Å². The molecule has 0 aliphatic rings. The normalized spacial score (nSPS) is 11.5. The lowest BCUT2D eigenvalue weighted by Gasteiger charge is -2.36. The van der Waals surface area contributed by atoms with E-state index >= 15 is 0 Å². The van der Waals surface area contributed by atoms with Gasteiger partial charge in [0.25, 0.3) is 0 Å². The molecule has 0 saturated carbocycles. The second-order valence-corrected chi connectivity index (χ2v) is 9.35. The Morgan fingerprint density at radius 2 is 1.16 bits per heavy atom. The zero-order chi connectivity index (χ0) is 25.1. The molecule has 5 nitrogen and oxygen atoms in total. The fraction of sp³-hybridized carbons (Fsp3) is 0.0645. The van der Waals surface area contributed by atoms with Gasteiger partial charge in [0.1, 0.15) is 5.54 Å². The molecule has 0 atom stereocenters. The van der Waals surface area contributed by atoms with Gasteiger partial charge in [0.05, 0.1) is 5.69 Å². The van der Waals surface area contributed by atoms with Gasteiger partial charge in [-0.25, -0.2) is 4.68 Å². The van der Waals surface area contributed by atoms with Crippen LogP contribution >= 0.6 is 15.9 Å². The predicted octanol–water partition coefficient (Wildman–Crippen LogP) is 6.87. The molecule has 6 rings (SSSR count). The molecule has 180 valence electrons. The maximum atomic E-state index is 4.67. The monoisotopic (exact) mass is 545 g/mol. The van der Waals surface area contributed by atoms with Crippen LogP contribution in [0.5, 0.6) is 0 Å². The first-order chi connectivity index (χ1) is 18.3. The summed E-state index contributed by atoms with van der Waals surface area (Å²) in [6, 6.07) is 43.9. The number of alkyl halides is 1. The standard InChI is InChI=1S/C31H24BrN5/c32-23-24-18-20-28(21-19-24)36-22-10-17-29(36)30-33-34-35-37(30)31(25-11-4-1-5-12-25,26-13-6-2-7-14-26)27-15-8-3-9-16-27/h1-22H,23H2. The number of hydrogen-bond donors (Lipinski definition) is 0. The summed E-state index contributed by atoms with van der Waals surface area (Å²) in [5, 5.41) is 14.3. The Balaban J connectivity index is 1.64. The minimum Gasteiger partial charge on any atom is -0.314 e. The Morgan fingerprint density at radius 3 is 1.68 bits per heavy atom. The van der Waals surface area contributed by atoms with Gasteiger partial charge < -0.3 is 4.57 Å². The first-order valence-electron chi connectivity index (χ1n) is 12.1. The summed E-state index contributed by atoms with van der Waals surface area (Å²) in [5.74, 6) is 0.672. The Hall–Kier alpha value is -4.29. The van der Waals surface area contributed by atoms with Crippen molar-refractivity contribution in [1.82, 2.24) is 24.8 Å². The third-order valence-corrected chi connectivity index (χ3v) is 7.36. The molecular weight excluding hydrogens is 522 g/mol. The number of aromatic nitrogens is 5. The van der Waals surface area contributed by atoms with E-state index in [9.17, 15) is 0 Å². The number of nitrogens with zero attached hydrogens (tertiary/aromatic N) is 5. The van der Waals surface area contributed by atoms with Gasteiger partial charge in [-0.15, -0.1) is 5.10 Å². The quantitative estimate of drug-likeness (QED) is 0.162. The molecule has 0 N–H and O–H groups in total. The third kappa shape index (κ3) is 3.99. The van der Waals surface area contributed by atoms with E-state index in [1.165, 1.54) is 5.56 Å². The van der Waals surface area contributed by atoms with Crippen LogP contribution in [-0.4, -0.2) is 24.8 Å². The molecular formula is C31H24BrN5. The second kappa shape index (κ2) is 9.99. The van der Waals surface area contributed by atoms with Crippen molar-refractivity contribution in [3.63, 3.8) is 0 Å². The van der Waals surface area contributed by atoms with Crippen molar-refractivity contribution in [2.24, 2.45) is 0 Å². The van der Waals surface area contributed by atoms with Gasteiger partial charge >= 0.3 is 0 Å². The van der Waals surface area contributed by atoms with Crippen LogP contribution < -0.4 is 0 Å². The molecule has 0 radical (unpaired) electrons. The Morgan fingerprint density at radius 1 is 0.622 bits per heavy atom. The number of benzene rings is 4. The molecule has 2 heterocycles. The third-order valence-electron chi connectivity index (χ3n) is 6.71. The average molecular weight is 546 g/mol. The SMILES string of the molecule is BrCc1ccc(-n2cccc2-c2nnnn2C(c2ccccc2)(c2ccccc2)c2ccccc2)cc1. The highest BCUT2D eigenvalue weighted by molar-refractivity contribution is 9.08. The summed E-state index contributed by atoms with van der Waals surface area (Å²) in [4.78, 5) is 0. The van der Waals surface area contributed by atoms with Crippen molar-refractivity contribution in [1.29, 1.82) is 0 Å². The summed E-state index contributed by atoms with van der Waals surface area (Å²) in [6.45, 7) is 0. The van der Waals surface area contributed by atoms with E-state index in [2.05, 4.69) is 139 Å². The van der Waals surface area contributed by atoms with Crippen molar-refractivity contribution in [2.75, 3.05) is 0 Å². The summed E-state index contributed by atoms with van der Waals surface area (Å²) in [7, 11) is 0. The molecule has 6 aromatic rings. The lowest BCUT2D eigenvalue weighted by atomic mass is 9.77. The molecule has 37 heavy (non-hydrogen) atoms. The fourth-order valence-electron chi connectivity index (χ4n) is 5.01. The Labute approximate surface area is 224 Å². The number of tetrazole rings is 1. The van der Waals surface area contributed by atoms with Gasteiger partial charge in [0, 0.05) is 17.2 Å². The molecule has 6 heteroatoms. The number of halogens is 1. The van der Waals surface area contributed by atoms with Crippen LogP contribution in [0.3, 0.4) is 0 Å². The van der Waals surface area contributed by atoms with E-state index in [1.54, 1.807) is 0 Å². The first kappa shape index (κ1) is 23.1. The number of hydrogen-bond acceptors (Lipinski definition) is 3. The molecule has 0 amide bonds. The maximum absolute atomic E-state index is 4.67. The minimum atomic E-state index is -0.794. The highest BCUT2D eigenvalue weighted by Crippen LogP contribution is 2.42. The summed E-state index contributed by atoms with van der Waals surface area (Å²) < 4.78 is 4.09. The first-order valence-corrected chi connectivity index (χ1v) is 13.2. The highest BCUT2D eigenvalue weighted by Gasteiger charge is 2.42. The zero-order valence-corrected chi connectivity index (χ0v) is 21.6. The van der Waals surface area contributed by atoms with Gasteiger partial charge in [-0.3, -0.25) is 0 Å². The van der Waals surface area contributed by atoms with Gasteiger partial charge in [0.2, 0.25) is 5.82 Å². The maximum Gasteiger partial charge on any atom is 0.200 e. The predicted molar refractivity (Wildman–Crippen MR) is 150 cm³/mol. The zero-order valence-electron chi connectivity index (χ0n) is 20.0. The highest BCUT2D eigenvalue weighted by atomic mass is 79.9. The van der Waals surface area contributed by atoms with Crippen molar-refractivity contribution in [3.8, 4) is 17.2 Å². The molecule has 0 fully saturated rings. The van der Waals surface area contributed by atoms with Gasteiger partial charge in [-0.05, 0) is 56.9 Å². The van der Waals surface area contributed by atoms with Crippen LogP contribution in [0.25, 0.3) is 17.2 Å². The van der Waals surface area contributed by atoms with Crippen LogP contribution in [0, 0.1) is 0 Å². The van der Waals surface area contributed by atoms with E-state index in [-0.39, 0.29) is 0 Å². The van der Waals surface area contributed by atoms with Crippen molar-refractivity contribution in [2.45, 2.75) is 10.9 Å². The molecule has 0 saturated heterocycles. The van der Waals surface area contributed by atoms with E-state index in [0.717, 1.165) is 33.4 Å². The second-order valence-electron chi connectivity index (χ2n) is 8.79. The molecule has 0 unspecified atom stereocenters. The van der Waals surface area contributed by atoms with Gasteiger partial charge in [-0.1, -0.05) is 119 Å². The van der Waals surface area contributed by atoms with Crippen LogP contribution in [-0.2, 0) is 10.9 Å². The summed E-state index contributed by atoms with van der Waals surface area (Å²) in [5.41, 5.74) is 5.59. The van der Waals surface area contributed by atoms with Crippen LogP contribution in [0.2, 0.25) is 0 Å². The summed E-state index contributed by atoms with van der Waals surface area (Å²) in [6.07, 6.45) is 2.05. The van der Waals surface area contributed by atoms with E-state index in [0.29, 0.717) is 5.82 Å². The van der Waals surface area contributed by atoms with E-state index < -0.39 is 5.54 Å². The van der Waals surface area contributed by atoms with E-state index in [1.807, 2.05) is 35.1 Å². The molecule has 0 aliphatic carbocycles. The molecule has 0 spiro atoms. The molecule has 4 aromatic carbocycles. The lowest BCUT2D eigenvalue weighted by molar-refractivity contribution is 0.450. The minimum absolute atomic E-state index is 0.672. The van der Waals surface area contributed by atoms with Crippen molar-refractivity contribution >= 4 is 15.9 Å². The van der Waals surface area contributed by atoms with Crippen molar-refractivity contribution in [3.05, 3.63) is 156 Å². The topological polar surface area (TPSA) is 48.5 Å². The van der Waals surface area contributed by atoms with Crippen molar-refractivity contribution < 1.29 is 0 Å².